The smallest absolute Gasteiger partial charge is 0.0440 e. The van der Waals surface area contributed by atoms with Gasteiger partial charge in [-0.3, -0.25) is 0 Å². The summed E-state index contributed by atoms with van der Waals surface area (Å²) in [4.78, 5) is 2.52. The van der Waals surface area contributed by atoms with Crippen LogP contribution in [0.3, 0.4) is 0 Å². The molecule has 1 heteroatoms. The summed E-state index contributed by atoms with van der Waals surface area (Å²) >= 11 is 0. The Kier molecular flexibility index (Phi) is 1.86. The van der Waals surface area contributed by atoms with E-state index in [9.17, 15) is 0 Å². The molecule has 0 amide bonds. The van der Waals surface area contributed by atoms with Gasteiger partial charge in [0, 0.05) is 24.2 Å². The maximum absolute atomic E-state index is 2.52. The SMILES string of the molecule is CN1c2ccccc2C2CCCCC21C. The van der Waals surface area contributed by atoms with Crippen LogP contribution < -0.4 is 4.90 Å². The third-order valence-electron chi connectivity index (χ3n) is 4.62. The Balaban J connectivity index is 2.13. The predicted molar refractivity (Wildman–Crippen MR) is 64.5 cm³/mol. The number of hydrogen-bond donors (Lipinski definition) is 0. The van der Waals surface area contributed by atoms with E-state index in [1.807, 2.05) is 0 Å². The van der Waals surface area contributed by atoms with Crippen LogP contribution in [0.15, 0.2) is 24.3 Å². The minimum absolute atomic E-state index is 0.391. The van der Waals surface area contributed by atoms with Crippen molar-refractivity contribution >= 4 is 5.69 Å². The summed E-state index contributed by atoms with van der Waals surface area (Å²) < 4.78 is 0. The summed E-state index contributed by atoms with van der Waals surface area (Å²) in [5.41, 5.74) is 3.44. The largest absolute Gasteiger partial charge is 0.368 e. The van der Waals surface area contributed by atoms with Gasteiger partial charge in [0.25, 0.3) is 0 Å². The van der Waals surface area contributed by atoms with Gasteiger partial charge in [0.2, 0.25) is 0 Å². The Morgan fingerprint density at radius 3 is 2.93 bits per heavy atom. The molecule has 1 aliphatic carbocycles. The number of anilines is 1. The van der Waals surface area contributed by atoms with Crippen LogP contribution in [0.2, 0.25) is 0 Å². The third kappa shape index (κ3) is 1.09. The molecule has 0 aromatic heterocycles. The molecule has 1 nitrogen and oxygen atoms in total. The zero-order valence-corrected chi connectivity index (χ0v) is 9.66. The van der Waals surface area contributed by atoms with Gasteiger partial charge in [0.05, 0.1) is 0 Å². The number of para-hydroxylation sites is 1. The fourth-order valence-corrected chi connectivity index (χ4v) is 3.57. The second-order valence-corrected chi connectivity index (χ2v) is 5.27. The average molecular weight is 201 g/mol. The zero-order valence-electron chi connectivity index (χ0n) is 9.66. The molecule has 1 aliphatic heterocycles. The first kappa shape index (κ1) is 9.26. The second kappa shape index (κ2) is 3.01. The summed E-state index contributed by atoms with van der Waals surface area (Å²) in [6, 6.07) is 8.95. The molecule has 15 heavy (non-hydrogen) atoms. The molecule has 0 spiro atoms. The Bertz CT molecular complexity index is 385. The van der Waals surface area contributed by atoms with Gasteiger partial charge in [-0.1, -0.05) is 31.0 Å². The molecule has 0 bridgehead atoms. The molecule has 0 saturated heterocycles. The maximum atomic E-state index is 2.52. The van der Waals surface area contributed by atoms with Crippen LogP contribution >= 0.6 is 0 Å². The Morgan fingerprint density at radius 1 is 1.27 bits per heavy atom. The third-order valence-corrected chi connectivity index (χ3v) is 4.62. The van der Waals surface area contributed by atoms with E-state index in [0.29, 0.717) is 5.54 Å². The number of benzene rings is 1. The van der Waals surface area contributed by atoms with E-state index in [0.717, 1.165) is 5.92 Å². The predicted octanol–water partition coefficient (Wildman–Crippen LogP) is 3.55. The van der Waals surface area contributed by atoms with Gasteiger partial charge in [-0.2, -0.15) is 0 Å². The first-order valence-electron chi connectivity index (χ1n) is 6.06. The second-order valence-electron chi connectivity index (χ2n) is 5.27. The van der Waals surface area contributed by atoms with Crippen LogP contribution in [0.5, 0.6) is 0 Å². The molecule has 1 aromatic rings. The van der Waals surface area contributed by atoms with Crippen molar-refractivity contribution in [2.24, 2.45) is 0 Å². The van der Waals surface area contributed by atoms with E-state index >= 15 is 0 Å². The molecule has 1 aromatic carbocycles. The van der Waals surface area contributed by atoms with E-state index < -0.39 is 0 Å². The number of nitrogens with zero attached hydrogens (tertiary/aromatic N) is 1. The van der Waals surface area contributed by atoms with E-state index in [1.165, 1.54) is 31.4 Å². The lowest BCUT2D eigenvalue weighted by Crippen LogP contribution is -2.45. The van der Waals surface area contributed by atoms with Gasteiger partial charge in [0.1, 0.15) is 0 Å². The summed E-state index contributed by atoms with van der Waals surface area (Å²) in [6.45, 7) is 2.44. The fourth-order valence-electron chi connectivity index (χ4n) is 3.57. The number of rotatable bonds is 0. The highest BCUT2D eigenvalue weighted by Crippen LogP contribution is 2.53. The van der Waals surface area contributed by atoms with Gasteiger partial charge >= 0.3 is 0 Å². The van der Waals surface area contributed by atoms with Crippen LogP contribution in [-0.4, -0.2) is 12.6 Å². The van der Waals surface area contributed by atoms with Crippen molar-refractivity contribution in [3.63, 3.8) is 0 Å². The molecular weight excluding hydrogens is 182 g/mol. The Labute approximate surface area is 92.1 Å². The van der Waals surface area contributed by atoms with Crippen molar-refractivity contribution in [3.05, 3.63) is 29.8 Å². The molecule has 0 radical (unpaired) electrons. The molecule has 80 valence electrons. The summed E-state index contributed by atoms with van der Waals surface area (Å²) in [5, 5.41) is 0. The average Bonchev–Trinajstić information content (AvgIpc) is 2.50. The fraction of sp³-hybridized carbons (Fsp3) is 0.571. The monoisotopic (exact) mass is 201 g/mol. The van der Waals surface area contributed by atoms with Crippen molar-refractivity contribution in [1.82, 2.24) is 0 Å². The Morgan fingerprint density at radius 2 is 2.07 bits per heavy atom. The van der Waals surface area contributed by atoms with Gasteiger partial charge in [-0.15, -0.1) is 0 Å². The summed E-state index contributed by atoms with van der Waals surface area (Å²) in [6.07, 6.45) is 5.52. The van der Waals surface area contributed by atoms with E-state index in [2.05, 4.69) is 43.1 Å². The van der Waals surface area contributed by atoms with Crippen LogP contribution in [0.1, 0.15) is 44.1 Å². The first-order valence-corrected chi connectivity index (χ1v) is 6.06. The highest BCUT2D eigenvalue weighted by molar-refractivity contribution is 5.63. The molecule has 2 aliphatic rings. The van der Waals surface area contributed by atoms with Gasteiger partial charge in [-0.05, 0) is 31.4 Å². The van der Waals surface area contributed by atoms with Crippen LogP contribution in [0.25, 0.3) is 0 Å². The quantitative estimate of drug-likeness (QED) is 0.620. The van der Waals surface area contributed by atoms with Gasteiger partial charge < -0.3 is 4.90 Å². The molecule has 1 saturated carbocycles. The van der Waals surface area contributed by atoms with E-state index in [-0.39, 0.29) is 0 Å². The normalized spacial score (nSPS) is 33.7. The Hall–Kier alpha value is -0.980. The van der Waals surface area contributed by atoms with Gasteiger partial charge in [-0.25, -0.2) is 0 Å². The van der Waals surface area contributed by atoms with Crippen LogP contribution in [0, 0.1) is 0 Å². The van der Waals surface area contributed by atoms with Crippen molar-refractivity contribution in [1.29, 1.82) is 0 Å². The minimum atomic E-state index is 0.391. The molecule has 3 rings (SSSR count). The minimum Gasteiger partial charge on any atom is -0.368 e. The molecule has 2 atom stereocenters. The maximum Gasteiger partial charge on any atom is 0.0440 e. The lowest BCUT2D eigenvalue weighted by molar-refractivity contribution is 0.283. The van der Waals surface area contributed by atoms with Crippen LogP contribution in [-0.2, 0) is 0 Å². The number of likely N-dealkylation sites (N-methyl/N-ethyl adjacent to an activating group) is 1. The van der Waals surface area contributed by atoms with E-state index in [4.69, 9.17) is 0 Å². The summed E-state index contributed by atoms with van der Waals surface area (Å²) in [5.74, 6) is 0.771. The first-order chi connectivity index (χ1) is 7.23. The van der Waals surface area contributed by atoms with Gasteiger partial charge in [0.15, 0.2) is 0 Å². The lowest BCUT2D eigenvalue weighted by Gasteiger charge is -2.42. The van der Waals surface area contributed by atoms with Crippen molar-refractivity contribution in [2.75, 3.05) is 11.9 Å². The summed E-state index contributed by atoms with van der Waals surface area (Å²) in [7, 11) is 2.27. The van der Waals surface area contributed by atoms with E-state index in [1.54, 1.807) is 5.56 Å². The molecule has 1 fully saturated rings. The topological polar surface area (TPSA) is 3.24 Å². The lowest BCUT2D eigenvalue weighted by atomic mass is 9.73. The van der Waals surface area contributed by atoms with Crippen LogP contribution in [0.4, 0.5) is 5.69 Å². The highest BCUT2D eigenvalue weighted by atomic mass is 15.2. The molecular formula is C14H19N. The standard InChI is InChI=1S/C14H19N/c1-14-10-6-5-8-12(14)11-7-3-4-9-13(11)15(14)2/h3-4,7,9,12H,5-6,8,10H2,1-2H3. The molecule has 1 heterocycles. The number of hydrogen-bond acceptors (Lipinski definition) is 1. The van der Waals surface area contributed by atoms with Crippen molar-refractivity contribution < 1.29 is 0 Å². The van der Waals surface area contributed by atoms with Crippen molar-refractivity contribution in [3.8, 4) is 0 Å². The zero-order chi connectivity index (χ0) is 10.5. The number of fused-ring (bicyclic) bond motifs is 3. The highest BCUT2D eigenvalue weighted by Gasteiger charge is 2.46. The van der Waals surface area contributed by atoms with Crippen molar-refractivity contribution in [2.45, 2.75) is 44.1 Å². The molecule has 0 N–H and O–H groups in total. The molecule has 2 unspecified atom stereocenters.